The first-order chi connectivity index (χ1) is 25.8. The largest absolute Gasteiger partial charge is 0.360 e. The van der Waals surface area contributed by atoms with Crippen molar-refractivity contribution in [2.24, 2.45) is 4.99 Å². The Morgan fingerprint density at radius 2 is 1.02 bits per heavy atom. The zero-order chi connectivity index (χ0) is 34.4. The molecule has 52 heavy (non-hydrogen) atoms. The Hall–Kier alpha value is -6.84. The molecule has 1 unspecified atom stereocenters. The van der Waals surface area contributed by atoms with Crippen molar-refractivity contribution in [3.63, 3.8) is 0 Å². The minimum atomic E-state index is -0.298. The van der Waals surface area contributed by atoms with E-state index in [-0.39, 0.29) is 6.17 Å². The zero-order valence-corrected chi connectivity index (χ0v) is 28.4. The van der Waals surface area contributed by atoms with Gasteiger partial charge in [-0.2, -0.15) is 0 Å². The van der Waals surface area contributed by atoms with Gasteiger partial charge in [0.25, 0.3) is 0 Å². The average molecular weight is 664 g/mol. The van der Waals surface area contributed by atoms with Crippen LogP contribution in [0, 0.1) is 0 Å². The van der Waals surface area contributed by atoms with Crippen LogP contribution >= 0.6 is 0 Å². The summed E-state index contributed by atoms with van der Waals surface area (Å²) in [4.78, 5) is 9.82. The smallest absolute Gasteiger partial charge is 0.145 e. The lowest BCUT2D eigenvalue weighted by molar-refractivity contribution is 0.665. The molecule has 1 aliphatic rings. The molecular weight excluding hydrogens is 631 g/mol. The molecular formula is C49H33N3. The van der Waals surface area contributed by atoms with E-state index in [1.165, 1.54) is 54.2 Å². The maximum absolute atomic E-state index is 5.44. The summed E-state index contributed by atoms with van der Waals surface area (Å²) in [6, 6.07) is 61.0. The van der Waals surface area contributed by atoms with Crippen molar-refractivity contribution in [2.75, 3.05) is 0 Å². The van der Waals surface area contributed by atoms with E-state index >= 15 is 0 Å². The highest BCUT2D eigenvalue weighted by atomic mass is 15.1. The molecule has 9 aromatic rings. The summed E-state index contributed by atoms with van der Waals surface area (Å²) in [5.41, 5.74) is 9.85. The molecule has 0 fully saturated rings. The normalized spacial score (nSPS) is 14.3. The fraction of sp³-hybridized carbons (Fsp3) is 0.0204. The monoisotopic (exact) mass is 663 g/mol. The number of nitrogens with zero attached hydrogens (tertiary/aromatic N) is 2. The number of benzene rings is 8. The van der Waals surface area contributed by atoms with E-state index in [9.17, 15) is 0 Å². The molecule has 0 aliphatic carbocycles. The highest BCUT2D eigenvalue weighted by Crippen LogP contribution is 2.38. The maximum Gasteiger partial charge on any atom is 0.145 e. The number of allylic oxidation sites excluding steroid dienone is 1. The van der Waals surface area contributed by atoms with Crippen LogP contribution in [0.3, 0.4) is 0 Å². The summed E-state index contributed by atoms with van der Waals surface area (Å²) in [5.74, 6) is 0. The molecule has 10 rings (SSSR count). The van der Waals surface area contributed by atoms with E-state index in [1.54, 1.807) is 0 Å². The Labute approximate surface area is 302 Å². The number of aromatic nitrogens is 1. The Morgan fingerprint density at radius 3 is 1.79 bits per heavy atom. The number of hydrogen-bond donors (Lipinski definition) is 1. The number of nitrogens with one attached hydrogen (secondary N) is 1. The van der Waals surface area contributed by atoms with Crippen molar-refractivity contribution in [2.45, 2.75) is 6.17 Å². The summed E-state index contributed by atoms with van der Waals surface area (Å²) < 4.78 is 0. The highest BCUT2D eigenvalue weighted by molar-refractivity contribution is 6.25. The molecule has 0 saturated carbocycles. The summed E-state index contributed by atoms with van der Waals surface area (Å²) in [6.07, 6.45) is 5.63. The van der Waals surface area contributed by atoms with Crippen molar-refractivity contribution >= 4 is 54.5 Å². The topological polar surface area (TPSA) is 37.3 Å². The van der Waals surface area contributed by atoms with E-state index in [0.29, 0.717) is 0 Å². The fourth-order valence-corrected chi connectivity index (χ4v) is 7.84. The zero-order valence-electron chi connectivity index (χ0n) is 28.4. The Kier molecular flexibility index (Phi) is 7.21. The molecule has 1 N–H and O–H groups in total. The van der Waals surface area contributed by atoms with Gasteiger partial charge in [-0.15, -0.1) is 0 Å². The molecule has 0 amide bonds. The minimum absolute atomic E-state index is 0.298. The number of aliphatic imine (C=N–C) groups is 1. The van der Waals surface area contributed by atoms with Crippen LogP contribution < -0.4 is 5.32 Å². The molecule has 0 radical (unpaired) electrons. The van der Waals surface area contributed by atoms with Crippen molar-refractivity contribution in [1.82, 2.24) is 10.3 Å². The fourth-order valence-electron chi connectivity index (χ4n) is 7.84. The summed E-state index contributed by atoms with van der Waals surface area (Å²) in [6.45, 7) is 0. The van der Waals surface area contributed by atoms with Gasteiger partial charge in [-0.3, -0.25) is 9.98 Å². The lowest BCUT2D eigenvalue weighted by Crippen LogP contribution is -2.25. The van der Waals surface area contributed by atoms with Gasteiger partial charge in [0, 0.05) is 29.2 Å². The highest BCUT2D eigenvalue weighted by Gasteiger charge is 2.21. The number of fused-ring (bicyclic) bond motifs is 7. The van der Waals surface area contributed by atoms with Crippen LogP contribution in [0.25, 0.3) is 71.0 Å². The van der Waals surface area contributed by atoms with Gasteiger partial charge >= 0.3 is 0 Å². The number of hydrogen-bond acceptors (Lipinski definition) is 3. The van der Waals surface area contributed by atoms with Crippen LogP contribution in [0.1, 0.15) is 22.9 Å². The molecule has 8 aromatic carbocycles. The van der Waals surface area contributed by atoms with Gasteiger partial charge in [-0.1, -0.05) is 146 Å². The van der Waals surface area contributed by atoms with E-state index in [0.717, 1.165) is 39.2 Å². The predicted molar refractivity (Wildman–Crippen MR) is 218 cm³/mol. The molecule has 0 spiro atoms. The third-order valence-electron chi connectivity index (χ3n) is 10.4. The van der Waals surface area contributed by atoms with Crippen LogP contribution in [0.4, 0.5) is 0 Å². The minimum Gasteiger partial charge on any atom is -0.360 e. The molecule has 1 atom stereocenters. The molecule has 0 bridgehead atoms. The van der Waals surface area contributed by atoms with Crippen LogP contribution in [0.2, 0.25) is 0 Å². The van der Waals surface area contributed by atoms with Crippen molar-refractivity contribution in [3.8, 4) is 22.3 Å². The van der Waals surface area contributed by atoms with Crippen LogP contribution in [0.15, 0.2) is 193 Å². The maximum atomic E-state index is 5.44. The van der Waals surface area contributed by atoms with Crippen LogP contribution in [-0.2, 0) is 0 Å². The Balaban J connectivity index is 1.14. The van der Waals surface area contributed by atoms with Gasteiger partial charge in [0.05, 0.1) is 5.71 Å². The second kappa shape index (κ2) is 12.5. The molecule has 1 aromatic heterocycles. The first-order valence-corrected chi connectivity index (χ1v) is 17.8. The van der Waals surface area contributed by atoms with Gasteiger partial charge < -0.3 is 5.32 Å². The molecule has 3 heteroatoms. The third-order valence-corrected chi connectivity index (χ3v) is 10.4. The van der Waals surface area contributed by atoms with Crippen molar-refractivity contribution in [1.29, 1.82) is 0 Å². The lowest BCUT2D eigenvalue weighted by Gasteiger charge is -2.26. The van der Waals surface area contributed by atoms with E-state index < -0.39 is 0 Å². The molecule has 244 valence electrons. The number of pyridine rings is 1. The number of rotatable bonds is 5. The van der Waals surface area contributed by atoms with Gasteiger partial charge in [0.15, 0.2) is 0 Å². The molecule has 2 heterocycles. The molecule has 3 nitrogen and oxygen atoms in total. The average Bonchev–Trinajstić information content (AvgIpc) is 3.23. The summed E-state index contributed by atoms with van der Waals surface area (Å²) >= 11 is 0. The second-order valence-corrected chi connectivity index (χ2v) is 13.4. The lowest BCUT2D eigenvalue weighted by atomic mass is 9.92. The Morgan fingerprint density at radius 1 is 0.423 bits per heavy atom. The van der Waals surface area contributed by atoms with Gasteiger partial charge in [0.1, 0.15) is 6.17 Å². The van der Waals surface area contributed by atoms with Crippen molar-refractivity contribution in [3.05, 3.63) is 205 Å². The van der Waals surface area contributed by atoms with E-state index in [1.807, 2.05) is 18.5 Å². The first-order valence-electron chi connectivity index (χ1n) is 17.8. The second-order valence-electron chi connectivity index (χ2n) is 13.4. The Bertz CT molecular complexity index is 2840. The van der Waals surface area contributed by atoms with Crippen LogP contribution in [-0.4, -0.2) is 10.7 Å². The third kappa shape index (κ3) is 5.23. The summed E-state index contributed by atoms with van der Waals surface area (Å²) in [7, 11) is 0. The van der Waals surface area contributed by atoms with Gasteiger partial charge in [-0.25, -0.2) is 0 Å². The van der Waals surface area contributed by atoms with Gasteiger partial charge in [0.2, 0.25) is 0 Å². The first kappa shape index (κ1) is 30.0. The quantitative estimate of drug-likeness (QED) is 0.186. The van der Waals surface area contributed by atoms with Crippen molar-refractivity contribution < 1.29 is 0 Å². The SMILES string of the molecule is C1=C(c2cccc(-c3cccnc3)c2)NC(c2ccc3c4ccccc4c4ccccc4c3c2)N=C1c1cccc(-c2cccc3ccccc23)c1. The van der Waals surface area contributed by atoms with Gasteiger partial charge in [-0.05, 0) is 101 Å². The van der Waals surface area contributed by atoms with E-state index in [4.69, 9.17) is 4.99 Å². The molecule has 0 saturated heterocycles. The standard InChI is InChI=1S/C49H33N3/c1-2-18-39-32(11-1)12-9-23-40(39)34-14-8-16-36(28-34)48-30-47(35-15-7-13-33(27-35)38-17-10-26-50-31-38)51-49(52-48)37-24-25-45-43-21-4-3-19-41(43)42-20-5-6-22-44(42)46(45)29-37/h1-31,49,51H. The van der Waals surface area contributed by atoms with E-state index in [2.05, 4.69) is 180 Å². The molecule has 1 aliphatic heterocycles. The predicted octanol–water partition coefficient (Wildman–Crippen LogP) is 12.2. The summed E-state index contributed by atoms with van der Waals surface area (Å²) in [5, 5.41) is 13.9. The van der Waals surface area contributed by atoms with Crippen LogP contribution in [0.5, 0.6) is 0 Å².